The molecule has 5 nitrogen and oxygen atoms in total. The number of hydrogen-bond acceptors (Lipinski definition) is 3. The van der Waals surface area contributed by atoms with E-state index in [2.05, 4.69) is 42.5 Å². The van der Waals surface area contributed by atoms with Crippen LogP contribution in [0.1, 0.15) is 34.8 Å². The van der Waals surface area contributed by atoms with Crippen LogP contribution in [0.2, 0.25) is 0 Å². The first-order valence-corrected chi connectivity index (χ1v) is 9.21. The lowest BCUT2D eigenvalue weighted by Crippen LogP contribution is -2.12. The Morgan fingerprint density at radius 2 is 1.78 bits per heavy atom. The highest BCUT2D eigenvalue weighted by Gasteiger charge is 2.16. The van der Waals surface area contributed by atoms with E-state index in [1.54, 1.807) is 0 Å². The number of fused-ring (bicyclic) bond motifs is 2. The molecule has 136 valence electrons. The average Bonchev–Trinajstić information content (AvgIpc) is 2.97. The summed E-state index contributed by atoms with van der Waals surface area (Å²) < 4.78 is 1.87. The molecule has 0 fully saturated rings. The van der Waals surface area contributed by atoms with E-state index in [1.165, 1.54) is 5.56 Å². The lowest BCUT2D eigenvalue weighted by molar-refractivity contribution is 0.102. The first kappa shape index (κ1) is 17.2. The van der Waals surface area contributed by atoms with Gasteiger partial charge in [-0.2, -0.15) is 5.10 Å². The van der Waals surface area contributed by atoms with Crippen molar-refractivity contribution in [1.29, 1.82) is 0 Å². The molecule has 0 aliphatic rings. The second kappa shape index (κ2) is 6.83. The molecule has 27 heavy (non-hydrogen) atoms. The number of nitrogens with zero attached hydrogens (tertiary/aromatic N) is 3. The fourth-order valence-corrected chi connectivity index (χ4v) is 3.22. The third-order valence-electron chi connectivity index (χ3n) is 4.65. The van der Waals surface area contributed by atoms with Crippen molar-refractivity contribution >= 4 is 33.7 Å². The number of rotatable bonds is 4. The van der Waals surface area contributed by atoms with E-state index in [9.17, 15) is 4.79 Å². The Morgan fingerprint density at radius 1 is 1.04 bits per heavy atom. The number of carbonyl (C=O) groups is 1. The molecule has 2 aromatic heterocycles. The molecule has 0 bridgehead atoms. The van der Waals surface area contributed by atoms with Gasteiger partial charge in [-0.3, -0.25) is 4.79 Å². The monoisotopic (exact) mass is 358 g/mol. The van der Waals surface area contributed by atoms with E-state index in [1.807, 2.05) is 41.9 Å². The third-order valence-corrected chi connectivity index (χ3v) is 4.65. The summed E-state index contributed by atoms with van der Waals surface area (Å²) in [5, 5.41) is 9.51. The molecule has 0 spiro atoms. The van der Waals surface area contributed by atoms with Crippen LogP contribution in [0.4, 0.5) is 5.82 Å². The minimum atomic E-state index is -0.164. The summed E-state index contributed by atoms with van der Waals surface area (Å²) in [6.07, 6.45) is 0.940. The Bertz CT molecular complexity index is 1140. The zero-order chi connectivity index (χ0) is 19.0. The molecule has 4 aromatic rings. The summed E-state index contributed by atoms with van der Waals surface area (Å²) in [6.45, 7) is 6.91. The van der Waals surface area contributed by atoms with Gasteiger partial charge in [0.25, 0.3) is 5.91 Å². The van der Waals surface area contributed by atoms with Crippen LogP contribution in [0.5, 0.6) is 0 Å². The fourth-order valence-electron chi connectivity index (χ4n) is 3.22. The summed E-state index contributed by atoms with van der Waals surface area (Å²) in [5.41, 5.74) is 4.64. The van der Waals surface area contributed by atoms with Crippen LogP contribution < -0.4 is 5.32 Å². The second-order valence-electron chi connectivity index (χ2n) is 6.95. The van der Waals surface area contributed by atoms with Crippen LogP contribution in [-0.2, 0) is 6.54 Å². The lowest BCUT2D eigenvalue weighted by atomic mass is 10.1. The van der Waals surface area contributed by atoms with Crippen molar-refractivity contribution in [1.82, 2.24) is 14.8 Å². The lowest BCUT2D eigenvalue weighted by Gasteiger charge is -2.04. The number of pyridine rings is 1. The molecule has 0 unspecified atom stereocenters. The SMILES string of the molecule is CCCn1nc(NC(=O)c2ccc(C)cc2)c2cc3cc(C)ccc3nc21. The Balaban J connectivity index is 1.81. The standard InChI is InChI=1S/C22H22N4O/c1-4-11-26-21-18(13-17-12-15(3)7-10-19(17)23-21)20(25-26)24-22(27)16-8-5-14(2)6-9-16/h5-10,12-13H,4,11H2,1-3H3,(H,24,25,27). The summed E-state index contributed by atoms with van der Waals surface area (Å²) in [4.78, 5) is 17.5. The van der Waals surface area contributed by atoms with Gasteiger partial charge in [-0.15, -0.1) is 0 Å². The maximum atomic E-state index is 12.7. The van der Waals surface area contributed by atoms with Gasteiger partial charge >= 0.3 is 0 Å². The largest absolute Gasteiger partial charge is 0.305 e. The molecule has 0 aliphatic carbocycles. The molecule has 2 aromatic carbocycles. The van der Waals surface area contributed by atoms with Crippen molar-refractivity contribution in [2.75, 3.05) is 5.32 Å². The minimum Gasteiger partial charge on any atom is -0.305 e. The number of hydrogen-bond donors (Lipinski definition) is 1. The number of aromatic nitrogens is 3. The predicted molar refractivity (Wildman–Crippen MR) is 109 cm³/mol. The van der Waals surface area contributed by atoms with Gasteiger partial charge in [0, 0.05) is 17.5 Å². The van der Waals surface area contributed by atoms with Crippen molar-refractivity contribution in [2.45, 2.75) is 33.7 Å². The predicted octanol–water partition coefficient (Wildman–Crippen LogP) is 4.86. The molecule has 4 rings (SSSR count). The maximum Gasteiger partial charge on any atom is 0.256 e. The maximum absolute atomic E-state index is 12.7. The molecular formula is C22H22N4O. The molecule has 5 heteroatoms. The molecule has 1 amide bonds. The molecule has 0 saturated carbocycles. The summed E-state index contributed by atoms with van der Waals surface area (Å²) in [7, 11) is 0. The van der Waals surface area contributed by atoms with Crippen LogP contribution in [0.3, 0.4) is 0 Å². The highest BCUT2D eigenvalue weighted by Crippen LogP contribution is 2.27. The molecule has 0 aliphatic heterocycles. The van der Waals surface area contributed by atoms with Crippen molar-refractivity contribution in [2.24, 2.45) is 0 Å². The smallest absolute Gasteiger partial charge is 0.256 e. The Hall–Kier alpha value is -3.21. The molecule has 2 heterocycles. The van der Waals surface area contributed by atoms with Gasteiger partial charge in [0.1, 0.15) is 0 Å². The molecular weight excluding hydrogens is 336 g/mol. The molecule has 0 atom stereocenters. The quantitative estimate of drug-likeness (QED) is 0.566. The Morgan fingerprint density at radius 3 is 2.52 bits per heavy atom. The van der Waals surface area contributed by atoms with Gasteiger partial charge in [0.05, 0.1) is 10.9 Å². The molecule has 0 radical (unpaired) electrons. The summed E-state index contributed by atoms with van der Waals surface area (Å²) in [5.74, 6) is 0.391. The highest BCUT2D eigenvalue weighted by atomic mass is 16.1. The second-order valence-corrected chi connectivity index (χ2v) is 6.95. The summed E-state index contributed by atoms with van der Waals surface area (Å²) in [6, 6.07) is 15.8. The number of aryl methyl sites for hydroxylation is 3. The van der Waals surface area contributed by atoms with Crippen molar-refractivity contribution in [3.8, 4) is 0 Å². The number of anilines is 1. The zero-order valence-corrected chi connectivity index (χ0v) is 15.8. The Kier molecular flexibility index (Phi) is 4.36. The number of benzene rings is 2. The zero-order valence-electron chi connectivity index (χ0n) is 15.8. The fraction of sp³-hybridized carbons (Fsp3) is 0.227. The van der Waals surface area contributed by atoms with Gasteiger partial charge in [-0.1, -0.05) is 36.2 Å². The van der Waals surface area contributed by atoms with Gasteiger partial charge in [-0.05, 0) is 50.6 Å². The molecule has 1 N–H and O–H groups in total. The van der Waals surface area contributed by atoms with Gasteiger partial charge in [0.15, 0.2) is 11.5 Å². The van der Waals surface area contributed by atoms with Gasteiger partial charge < -0.3 is 5.32 Å². The van der Waals surface area contributed by atoms with E-state index in [0.29, 0.717) is 11.4 Å². The van der Waals surface area contributed by atoms with Crippen LogP contribution in [0, 0.1) is 13.8 Å². The molecule has 0 saturated heterocycles. The van der Waals surface area contributed by atoms with Crippen molar-refractivity contribution in [3.63, 3.8) is 0 Å². The van der Waals surface area contributed by atoms with Crippen molar-refractivity contribution in [3.05, 3.63) is 65.2 Å². The van der Waals surface area contributed by atoms with Crippen LogP contribution in [-0.4, -0.2) is 20.7 Å². The Labute approximate surface area is 158 Å². The van der Waals surface area contributed by atoms with E-state index in [-0.39, 0.29) is 5.91 Å². The first-order valence-electron chi connectivity index (χ1n) is 9.21. The number of carbonyl (C=O) groups excluding carboxylic acids is 1. The third kappa shape index (κ3) is 3.28. The normalized spacial score (nSPS) is 11.2. The van der Waals surface area contributed by atoms with Crippen LogP contribution >= 0.6 is 0 Å². The van der Waals surface area contributed by atoms with Crippen LogP contribution in [0.25, 0.3) is 21.9 Å². The van der Waals surface area contributed by atoms with E-state index < -0.39 is 0 Å². The topological polar surface area (TPSA) is 59.8 Å². The summed E-state index contributed by atoms with van der Waals surface area (Å²) >= 11 is 0. The van der Waals surface area contributed by atoms with E-state index in [0.717, 1.165) is 40.5 Å². The van der Waals surface area contributed by atoms with Gasteiger partial charge in [-0.25, -0.2) is 9.67 Å². The first-order chi connectivity index (χ1) is 13.0. The number of nitrogens with one attached hydrogen (secondary N) is 1. The van der Waals surface area contributed by atoms with E-state index in [4.69, 9.17) is 4.98 Å². The average molecular weight is 358 g/mol. The highest BCUT2D eigenvalue weighted by molar-refractivity contribution is 6.08. The number of amides is 1. The van der Waals surface area contributed by atoms with Gasteiger partial charge in [0.2, 0.25) is 0 Å². The van der Waals surface area contributed by atoms with E-state index >= 15 is 0 Å². The van der Waals surface area contributed by atoms with Crippen molar-refractivity contribution < 1.29 is 4.79 Å². The van der Waals surface area contributed by atoms with Crippen LogP contribution in [0.15, 0.2) is 48.5 Å². The minimum absolute atomic E-state index is 0.164.